The molecule has 68 heavy (non-hydrogen) atoms. The van der Waals surface area contributed by atoms with Crippen molar-refractivity contribution in [1.82, 2.24) is 16.0 Å². The number of rotatable bonds is 33. The van der Waals surface area contributed by atoms with Gasteiger partial charge in [-0.1, -0.05) is 32.6 Å². The molecule has 398 valence electrons. The fourth-order valence-corrected chi connectivity index (χ4v) is 8.41. The van der Waals surface area contributed by atoms with Gasteiger partial charge in [-0.3, -0.25) is 14.4 Å². The molecule has 3 saturated heterocycles. The monoisotopic (exact) mass is 986 g/mol. The highest BCUT2D eigenvalue weighted by molar-refractivity contribution is 5.74. The fraction of sp³-hybridized carbons (Fsp3) is 0.933. The first-order valence-electron chi connectivity index (χ1n) is 24.2. The molecule has 23 nitrogen and oxygen atoms in total. The number of aliphatic hydroxyl groups is 9. The Kier molecular flexibility index (Phi) is 28.2. The first-order chi connectivity index (χ1) is 32.5. The summed E-state index contributed by atoms with van der Waals surface area (Å²) in [7, 11) is 0. The Morgan fingerprint density at radius 1 is 0.441 bits per heavy atom. The normalized spacial score (nSPS) is 32.9. The summed E-state index contributed by atoms with van der Waals surface area (Å²) >= 11 is 0. The van der Waals surface area contributed by atoms with Crippen molar-refractivity contribution >= 4 is 17.7 Å². The summed E-state index contributed by atoms with van der Waals surface area (Å²) in [6, 6.07) is -2.99. The molecule has 3 rings (SSSR count). The van der Waals surface area contributed by atoms with E-state index < -0.39 is 129 Å². The van der Waals surface area contributed by atoms with Crippen LogP contribution in [0.3, 0.4) is 0 Å². The molecule has 0 aromatic carbocycles. The average Bonchev–Trinajstić information content (AvgIpc) is 3.29. The van der Waals surface area contributed by atoms with Gasteiger partial charge in [0.05, 0.1) is 33.0 Å². The van der Waals surface area contributed by atoms with Gasteiger partial charge in [0.25, 0.3) is 0 Å². The molecule has 12 N–H and O–H groups in total. The zero-order valence-corrected chi connectivity index (χ0v) is 40.2. The van der Waals surface area contributed by atoms with Crippen LogP contribution in [-0.4, -0.2) is 222 Å². The molecule has 9 unspecified atom stereocenters. The number of carbonyl (C=O) groups excluding carboxylic acids is 3. The molecule has 0 saturated carbocycles. The van der Waals surface area contributed by atoms with Crippen molar-refractivity contribution < 1.29 is 98.2 Å². The molecule has 0 aliphatic carbocycles. The second-order valence-corrected chi connectivity index (χ2v) is 18.5. The van der Waals surface area contributed by atoms with Crippen molar-refractivity contribution in [3.05, 3.63) is 0 Å². The lowest BCUT2D eigenvalue weighted by atomic mass is 9.86. The van der Waals surface area contributed by atoms with Crippen molar-refractivity contribution in [3.8, 4) is 0 Å². The predicted octanol–water partition coefficient (Wildman–Crippen LogP) is -2.41. The summed E-state index contributed by atoms with van der Waals surface area (Å²) in [5, 5.41) is 98.6. The molecular weight excluding hydrogens is 902 g/mol. The van der Waals surface area contributed by atoms with Gasteiger partial charge in [0, 0.05) is 59.2 Å². The number of nitrogens with one attached hydrogen (secondary N) is 3. The Morgan fingerprint density at radius 3 is 1.03 bits per heavy atom. The maximum atomic E-state index is 11.7. The number of aliphatic hydroxyl groups excluding tert-OH is 9. The number of amides is 3. The Hall–Kier alpha value is -2.27. The van der Waals surface area contributed by atoms with Crippen LogP contribution in [-0.2, 0) is 52.3 Å². The van der Waals surface area contributed by atoms with Crippen molar-refractivity contribution in [2.75, 3.05) is 66.1 Å². The van der Waals surface area contributed by atoms with Gasteiger partial charge < -0.3 is 99.8 Å². The first kappa shape index (κ1) is 60.0. The number of unbranched alkanes of at least 4 members (excludes halogenated alkanes) is 8. The standard InChI is InChI=1S/C45H83N3O20/c1-27(52)46-33-39(58)36(55)30(22-49)66-42(33)63-19-13-7-5-6-10-16-45(4,25-61-17-11-8-14-20-64-43-34(47-28(2)53)40(59)37(56)31(23-50)67-43)26-62-18-12-9-15-21-65-44-35(48-29(3)54)41(60)38(57)32(24-51)68-44/h30-44,49-51,55-60H,5-26H2,1-4H3,(H,46,52)(H,47,53)(H,48,54)/t30?,31?,32?,33?,34-,35?,36-,37-,38-,39?,40?,41?,42+,43+,44+,45?/m0/s1. The molecule has 3 amide bonds. The molecule has 23 heteroatoms. The summed E-state index contributed by atoms with van der Waals surface area (Å²) in [4.78, 5) is 35.1. The topological polar surface area (TPSA) is 343 Å². The molecule has 3 aliphatic rings. The van der Waals surface area contributed by atoms with Gasteiger partial charge in [-0.25, -0.2) is 0 Å². The van der Waals surface area contributed by atoms with Gasteiger partial charge >= 0.3 is 0 Å². The zero-order valence-electron chi connectivity index (χ0n) is 40.2. The van der Waals surface area contributed by atoms with E-state index in [9.17, 15) is 60.3 Å². The van der Waals surface area contributed by atoms with Crippen LogP contribution in [0.25, 0.3) is 0 Å². The SMILES string of the molecule is CC(=O)NC1C(O)[C@@H](O)C(CO)O[C@H]1OCCCCCCCC(C)(COCCCCCO[C@@H]1OC(CO)[C@H](O)C(O)C1NC(C)=O)COCCCCCO[C@@H]1OC(CO)[C@H](O)C(O)[C@@H]1NC(C)=O. The average molecular weight is 986 g/mol. The molecule has 0 radical (unpaired) electrons. The molecule has 0 aromatic rings. The maximum Gasteiger partial charge on any atom is 0.217 e. The summed E-state index contributed by atoms with van der Waals surface area (Å²) in [6.07, 6.45) is -5.22. The Morgan fingerprint density at radius 2 is 0.721 bits per heavy atom. The van der Waals surface area contributed by atoms with Crippen molar-refractivity contribution in [2.24, 2.45) is 5.41 Å². The lowest BCUT2D eigenvalue weighted by Crippen LogP contribution is -2.64. The first-order valence-corrected chi connectivity index (χ1v) is 24.2. The third-order valence-electron chi connectivity index (χ3n) is 12.3. The second kappa shape index (κ2) is 31.9. The fourth-order valence-electron chi connectivity index (χ4n) is 8.41. The molecule has 3 heterocycles. The summed E-state index contributed by atoms with van der Waals surface area (Å²) in [5.74, 6) is -1.28. The maximum absolute atomic E-state index is 11.7. The highest BCUT2D eigenvalue weighted by atomic mass is 16.7. The van der Waals surface area contributed by atoms with Crippen LogP contribution in [0.1, 0.15) is 105 Å². The summed E-state index contributed by atoms with van der Waals surface area (Å²) < 4.78 is 46.7. The Balaban J connectivity index is 1.42. The lowest BCUT2D eigenvalue weighted by Gasteiger charge is -2.42. The molecule has 0 spiro atoms. The number of hydrogen-bond donors (Lipinski definition) is 12. The van der Waals surface area contributed by atoms with Gasteiger partial charge in [0.2, 0.25) is 17.7 Å². The third kappa shape index (κ3) is 20.1. The zero-order chi connectivity index (χ0) is 50.2. The van der Waals surface area contributed by atoms with E-state index in [-0.39, 0.29) is 25.2 Å². The predicted molar refractivity (Wildman–Crippen MR) is 239 cm³/mol. The molecule has 3 aliphatic heterocycles. The smallest absolute Gasteiger partial charge is 0.217 e. The summed E-state index contributed by atoms with van der Waals surface area (Å²) in [5.41, 5.74) is -0.293. The van der Waals surface area contributed by atoms with Crippen molar-refractivity contribution in [3.63, 3.8) is 0 Å². The van der Waals surface area contributed by atoms with Crippen LogP contribution in [0.15, 0.2) is 0 Å². The second-order valence-electron chi connectivity index (χ2n) is 18.5. The van der Waals surface area contributed by atoms with E-state index in [0.717, 1.165) is 57.8 Å². The van der Waals surface area contributed by atoms with Crippen LogP contribution in [0.4, 0.5) is 0 Å². The van der Waals surface area contributed by atoms with E-state index in [1.54, 1.807) is 0 Å². The number of hydrogen-bond acceptors (Lipinski definition) is 20. The van der Waals surface area contributed by atoms with E-state index in [4.69, 9.17) is 37.9 Å². The largest absolute Gasteiger partial charge is 0.394 e. The van der Waals surface area contributed by atoms with Gasteiger partial charge in [-0.15, -0.1) is 0 Å². The van der Waals surface area contributed by atoms with E-state index >= 15 is 0 Å². The van der Waals surface area contributed by atoms with Crippen LogP contribution in [0, 0.1) is 5.41 Å². The van der Waals surface area contributed by atoms with E-state index in [0.29, 0.717) is 45.7 Å². The molecule has 3 fully saturated rings. The lowest BCUT2D eigenvalue weighted by molar-refractivity contribution is -0.270. The van der Waals surface area contributed by atoms with Gasteiger partial charge in [-0.05, 0) is 51.4 Å². The third-order valence-corrected chi connectivity index (χ3v) is 12.3. The minimum atomic E-state index is -1.39. The van der Waals surface area contributed by atoms with Gasteiger partial charge in [0.1, 0.15) is 73.1 Å². The van der Waals surface area contributed by atoms with E-state index in [1.807, 2.05) is 0 Å². The molecule has 0 aromatic heterocycles. The minimum Gasteiger partial charge on any atom is -0.394 e. The van der Waals surface area contributed by atoms with Crippen LogP contribution in [0.2, 0.25) is 0 Å². The number of ether oxygens (including phenoxy) is 8. The number of carbonyl (C=O) groups is 3. The molecular formula is C45H83N3O20. The highest BCUT2D eigenvalue weighted by Crippen LogP contribution is 2.28. The molecule has 0 bridgehead atoms. The van der Waals surface area contributed by atoms with Crippen LogP contribution in [0.5, 0.6) is 0 Å². The van der Waals surface area contributed by atoms with Gasteiger partial charge in [0.15, 0.2) is 18.9 Å². The van der Waals surface area contributed by atoms with E-state index in [1.165, 1.54) is 20.8 Å². The quantitative estimate of drug-likeness (QED) is 0.0305. The van der Waals surface area contributed by atoms with Crippen molar-refractivity contribution in [2.45, 2.75) is 197 Å². The Labute approximate surface area is 399 Å². The van der Waals surface area contributed by atoms with Crippen LogP contribution >= 0.6 is 0 Å². The van der Waals surface area contributed by atoms with E-state index in [2.05, 4.69) is 22.9 Å². The summed E-state index contributed by atoms with van der Waals surface area (Å²) in [6.45, 7) is 7.08. The highest BCUT2D eigenvalue weighted by Gasteiger charge is 2.47. The molecule has 16 atom stereocenters. The van der Waals surface area contributed by atoms with Crippen molar-refractivity contribution in [1.29, 1.82) is 0 Å². The van der Waals surface area contributed by atoms with Gasteiger partial charge in [-0.2, -0.15) is 0 Å². The Bertz CT molecular complexity index is 1260. The minimum absolute atomic E-state index is 0.248. The van der Waals surface area contributed by atoms with Crippen LogP contribution < -0.4 is 16.0 Å².